The lowest BCUT2D eigenvalue weighted by molar-refractivity contribution is -0.119. The van der Waals surface area contributed by atoms with E-state index in [-0.39, 0.29) is 29.5 Å². The molecule has 0 spiro atoms. The van der Waals surface area contributed by atoms with Crippen molar-refractivity contribution in [1.82, 2.24) is 4.98 Å². The third-order valence-electron chi connectivity index (χ3n) is 4.89. The maximum Gasteiger partial charge on any atom is 0.184 e. The number of carbonyl (C=O) groups is 1. The second-order valence-electron chi connectivity index (χ2n) is 8.05. The molecule has 1 aliphatic carbocycles. The highest BCUT2D eigenvalue weighted by atomic mass is 32.1. The number of thiazole rings is 1. The van der Waals surface area contributed by atoms with Crippen molar-refractivity contribution in [3.63, 3.8) is 0 Å². The van der Waals surface area contributed by atoms with Crippen molar-refractivity contribution in [2.24, 2.45) is 11.8 Å². The molecule has 0 aliphatic heterocycles. The van der Waals surface area contributed by atoms with E-state index in [1.807, 2.05) is 13.0 Å². The van der Waals surface area contributed by atoms with Crippen LogP contribution in [0, 0.1) is 17.7 Å². The Morgan fingerprint density at radius 3 is 2.74 bits per heavy atom. The van der Waals surface area contributed by atoms with Gasteiger partial charge in [-0.3, -0.25) is 0 Å². The SMILES string of the molecule is CC(=O)C[C@@H](C)COC1CC(COc2ccc3nc(C(C)C)sc3c2F)C1. The molecule has 0 bridgehead atoms. The molecule has 0 N–H and O–H groups in total. The zero-order valence-corrected chi connectivity index (χ0v) is 17.3. The fourth-order valence-electron chi connectivity index (χ4n) is 3.32. The van der Waals surface area contributed by atoms with Crippen LogP contribution in [0.4, 0.5) is 4.39 Å². The number of ketones is 1. The average Bonchev–Trinajstić information content (AvgIpc) is 2.99. The molecule has 1 heterocycles. The highest BCUT2D eigenvalue weighted by Crippen LogP contribution is 2.35. The smallest absolute Gasteiger partial charge is 0.184 e. The third kappa shape index (κ3) is 5.05. The molecule has 1 saturated carbocycles. The predicted octanol–water partition coefficient (Wildman–Crippen LogP) is 5.35. The fraction of sp³-hybridized carbons (Fsp3) is 0.619. The van der Waals surface area contributed by atoms with Crippen molar-refractivity contribution in [3.05, 3.63) is 23.0 Å². The molecule has 6 heteroatoms. The van der Waals surface area contributed by atoms with Crippen LogP contribution < -0.4 is 4.74 Å². The van der Waals surface area contributed by atoms with E-state index < -0.39 is 0 Å². The number of aromatic nitrogens is 1. The molecular formula is C21H28FNO3S. The lowest BCUT2D eigenvalue weighted by Gasteiger charge is -2.35. The van der Waals surface area contributed by atoms with Gasteiger partial charge in [0.05, 0.1) is 27.9 Å². The van der Waals surface area contributed by atoms with E-state index in [9.17, 15) is 9.18 Å². The second-order valence-corrected chi connectivity index (χ2v) is 9.08. The molecule has 148 valence electrons. The van der Waals surface area contributed by atoms with Gasteiger partial charge in [-0.15, -0.1) is 11.3 Å². The topological polar surface area (TPSA) is 48.4 Å². The maximum absolute atomic E-state index is 14.7. The van der Waals surface area contributed by atoms with Gasteiger partial charge in [-0.05, 0) is 43.7 Å². The Kier molecular flexibility index (Phi) is 6.48. The minimum atomic E-state index is -0.304. The van der Waals surface area contributed by atoms with Gasteiger partial charge in [0.1, 0.15) is 5.78 Å². The Balaban J connectivity index is 1.46. The van der Waals surface area contributed by atoms with Crippen LogP contribution in [-0.2, 0) is 9.53 Å². The number of rotatable bonds is 9. The van der Waals surface area contributed by atoms with Crippen molar-refractivity contribution >= 4 is 27.3 Å². The summed E-state index contributed by atoms with van der Waals surface area (Å²) in [7, 11) is 0. The Hall–Kier alpha value is -1.53. The lowest BCUT2D eigenvalue weighted by atomic mass is 9.83. The average molecular weight is 394 g/mol. The Bertz CT molecular complexity index is 798. The fourth-order valence-corrected chi connectivity index (χ4v) is 4.32. The zero-order valence-electron chi connectivity index (χ0n) is 16.5. The van der Waals surface area contributed by atoms with E-state index in [0.717, 1.165) is 17.8 Å². The molecule has 1 aromatic carbocycles. The molecular weight excluding hydrogens is 365 g/mol. The molecule has 1 aromatic heterocycles. The summed E-state index contributed by atoms with van der Waals surface area (Å²) in [5.74, 6) is 1.14. The quantitative estimate of drug-likeness (QED) is 0.576. The summed E-state index contributed by atoms with van der Waals surface area (Å²) in [4.78, 5) is 15.6. The molecule has 2 aromatic rings. The van der Waals surface area contributed by atoms with Gasteiger partial charge in [-0.1, -0.05) is 20.8 Å². The summed E-state index contributed by atoms with van der Waals surface area (Å²) in [5.41, 5.74) is 0.699. The molecule has 0 unspecified atom stereocenters. The first-order valence-corrected chi connectivity index (χ1v) is 10.5. The van der Waals surface area contributed by atoms with Gasteiger partial charge in [0, 0.05) is 18.9 Å². The van der Waals surface area contributed by atoms with Gasteiger partial charge in [0.2, 0.25) is 0 Å². The van der Waals surface area contributed by atoms with E-state index in [1.54, 1.807) is 13.0 Å². The minimum absolute atomic E-state index is 0.200. The largest absolute Gasteiger partial charge is 0.490 e. The zero-order chi connectivity index (χ0) is 19.6. The van der Waals surface area contributed by atoms with Crippen LogP contribution in [0.5, 0.6) is 5.75 Å². The molecule has 0 amide bonds. The first kappa shape index (κ1) is 20.2. The van der Waals surface area contributed by atoms with Crippen LogP contribution in [0.3, 0.4) is 0 Å². The summed E-state index contributed by atoms with van der Waals surface area (Å²) in [6.45, 7) is 8.88. The standard InChI is InChI=1S/C21H28FNO3S/c1-12(2)21-23-17-5-6-18(19(22)20(17)27-21)26-11-15-8-16(9-15)25-10-13(3)7-14(4)24/h5-6,12-13,15-16H,7-11H2,1-4H3/t13-,15?,16?/m1/s1. The molecule has 3 rings (SSSR count). The summed E-state index contributed by atoms with van der Waals surface area (Å²) in [6.07, 6.45) is 2.65. The van der Waals surface area contributed by atoms with Gasteiger partial charge in [-0.2, -0.15) is 0 Å². The van der Waals surface area contributed by atoms with Gasteiger partial charge in [-0.25, -0.2) is 9.37 Å². The van der Waals surface area contributed by atoms with E-state index >= 15 is 0 Å². The molecule has 1 fully saturated rings. The number of fused-ring (bicyclic) bond motifs is 1. The third-order valence-corrected chi connectivity index (χ3v) is 6.26. The summed E-state index contributed by atoms with van der Waals surface area (Å²) >= 11 is 1.40. The highest BCUT2D eigenvalue weighted by molar-refractivity contribution is 7.18. The van der Waals surface area contributed by atoms with E-state index in [0.29, 0.717) is 41.5 Å². The molecule has 4 nitrogen and oxygen atoms in total. The Morgan fingerprint density at radius 2 is 2.07 bits per heavy atom. The van der Waals surface area contributed by atoms with Gasteiger partial charge < -0.3 is 14.3 Å². The number of carbonyl (C=O) groups excluding carboxylic acids is 1. The Morgan fingerprint density at radius 1 is 1.33 bits per heavy atom. The summed E-state index contributed by atoms with van der Waals surface area (Å²) in [6, 6.07) is 3.51. The van der Waals surface area contributed by atoms with E-state index in [2.05, 4.69) is 18.8 Å². The monoisotopic (exact) mass is 393 g/mol. The Labute approximate surface area is 164 Å². The highest BCUT2D eigenvalue weighted by Gasteiger charge is 2.31. The maximum atomic E-state index is 14.7. The van der Waals surface area contributed by atoms with Crippen molar-refractivity contribution in [1.29, 1.82) is 0 Å². The number of ether oxygens (including phenoxy) is 2. The van der Waals surface area contributed by atoms with E-state index in [1.165, 1.54) is 11.3 Å². The first-order chi connectivity index (χ1) is 12.8. The second kappa shape index (κ2) is 8.65. The minimum Gasteiger partial charge on any atom is -0.490 e. The van der Waals surface area contributed by atoms with Crippen molar-refractivity contribution < 1.29 is 18.7 Å². The molecule has 1 atom stereocenters. The van der Waals surface area contributed by atoms with Crippen LogP contribution in [0.25, 0.3) is 10.2 Å². The van der Waals surface area contributed by atoms with Gasteiger partial charge >= 0.3 is 0 Å². The number of Topliss-reactive ketones (excluding diaryl/α,β-unsaturated/α-hetero) is 1. The van der Waals surface area contributed by atoms with Crippen molar-refractivity contribution in [2.75, 3.05) is 13.2 Å². The number of benzene rings is 1. The molecule has 1 aliphatic rings. The van der Waals surface area contributed by atoms with Crippen LogP contribution in [0.2, 0.25) is 0 Å². The number of hydrogen-bond acceptors (Lipinski definition) is 5. The summed E-state index contributed by atoms with van der Waals surface area (Å²) in [5, 5.41) is 0.944. The molecule has 0 saturated heterocycles. The van der Waals surface area contributed by atoms with Crippen LogP contribution >= 0.6 is 11.3 Å². The van der Waals surface area contributed by atoms with Crippen LogP contribution in [0.15, 0.2) is 12.1 Å². The van der Waals surface area contributed by atoms with Crippen molar-refractivity contribution in [2.45, 2.75) is 59.0 Å². The van der Waals surface area contributed by atoms with Crippen LogP contribution in [0.1, 0.15) is 57.9 Å². The number of halogens is 1. The number of nitrogens with zero attached hydrogens (tertiary/aromatic N) is 1. The number of hydrogen-bond donors (Lipinski definition) is 0. The van der Waals surface area contributed by atoms with Gasteiger partial charge in [0.15, 0.2) is 11.6 Å². The molecule has 0 radical (unpaired) electrons. The van der Waals surface area contributed by atoms with Crippen molar-refractivity contribution in [3.8, 4) is 5.75 Å². The summed E-state index contributed by atoms with van der Waals surface area (Å²) < 4.78 is 26.9. The predicted molar refractivity (Wildman–Crippen MR) is 106 cm³/mol. The lowest BCUT2D eigenvalue weighted by Crippen LogP contribution is -2.36. The van der Waals surface area contributed by atoms with E-state index in [4.69, 9.17) is 9.47 Å². The first-order valence-electron chi connectivity index (χ1n) is 9.66. The van der Waals surface area contributed by atoms with Crippen LogP contribution in [-0.4, -0.2) is 30.1 Å². The normalized spacial score (nSPS) is 20.7. The van der Waals surface area contributed by atoms with Gasteiger partial charge in [0.25, 0.3) is 0 Å². The molecule has 27 heavy (non-hydrogen) atoms.